The number of nitrogens with one attached hydrogen (secondary N) is 1. The number of benzene rings is 3. The third-order valence-electron chi connectivity index (χ3n) is 6.96. The summed E-state index contributed by atoms with van der Waals surface area (Å²) in [6.07, 6.45) is 0. The molecule has 0 fully saturated rings. The van der Waals surface area contributed by atoms with Gasteiger partial charge in [0.25, 0.3) is 5.91 Å². The first kappa shape index (κ1) is 25.0. The van der Waals surface area contributed by atoms with Crippen LogP contribution in [-0.4, -0.2) is 29.0 Å². The zero-order valence-corrected chi connectivity index (χ0v) is 22.1. The molecule has 1 amide bonds. The zero-order valence-electron chi connectivity index (χ0n) is 22.1. The van der Waals surface area contributed by atoms with E-state index in [2.05, 4.69) is 30.4 Å². The molecule has 6 heteroatoms. The molecule has 0 saturated carbocycles. The van der Waals surface area contributed by atoms with Gasteiger partial charge in [0.1, 0.15) is 5.60 Å². The molecular weight excluding hydrogens is 464 g/mol. The van der Waals surface area contributed by atoms with Gasteiger partial charge in [0, 0.05) is 23.8 Å². The van der Waals surface area contributed by atoms with Gasteiger partial charge >= 0.3 is 5.97 Å². The van der Waals surface area contributed by atoms with E-state index in [0.29, 0.717) is 31.0 Å². The van der Waals surface area contributed by atoms with Crippen LogP contribution in [0.2, 0.25) is 0 Å². The van der Waals surface area contributed by atoms with Gasteiger partial charge in [-0.15, -0.1) is 0 Å². The maximum atomic E-state index is 13.7. The van der Waals surface area contributed by atoms with E-state index in [0.717, 1.165) is 33.4 Å². The second-order valence-corrected chi connectivity index (χ2v) is 11.0. The zero-order chi connectivity index (χ0) is 26.3. The van der Waals surface area contributed by atoms with Crippen molar-refractivity contribution in [3.63, 3.8) is 0 Å². The third-order valence-corrected chi connectivity index (χ3v) is 6.96. The van der Waals surface area contributed by atoms with Crippen molar-refractivity contribution in [3.8, 4) is 0 Å². The topological polar surface area (TPSA) is 67.9 Å². The smallest absolute Gasteiger partial charge is 0.340 e. The van der Waals surface area contributed by atoms with Crippen molar-refractivity contribution in [2.24, 2.45) is 0 Å². The lowest BCUT2D eigenvalue weighted by atomic mass is 9.95. The summed E-state index contributed by atoms with van der Waals surface area (Å²) < 4.78 is 11.5. The number of hydrogen-bond donors (Lipinski definition) is 1. The first-order valence-electron chi connectivity index (χ1n) is 12.8. The van der Waals surface area contributed by atoms with Crippen LogP contribution in [0.1, 0.15) is 88.3 Å². The molecule has 0 spiro atoms. The Bertz CT molecular complexity index is 1360. The number of carbonyl (C=O) groups is 2. The summed E-state index contributed by atoms with van der Waals surface area (Å²) in [7, 11) is 0. The number of anilines is 1. The van der Waals surface area contributed by atoms with E-state index in [9.17, 15) is 9.59 Å². The van der Waals surface area contributed by atoms with E-state index in [4.69, 9.17) is 9.47 Å². The van der Waals surface area contributed by atoms with Gasteiger partial charge in [-0.1, -0.05) is 42.5 Å². The summed E-state index contributed by atoms with van der Waals surface area (Å²) in [6, 6.07) is 19.5. The van der Waals surface area contributed by atoms with Crippen LogP contribution < -0.4 is 5.32 Å². The van der Waals surface area contributed by atoms with E-state index in [1.807, 2.05) is 69.0 Å². The Morgan fingerprint density at radius 1 is 1.11 bits per heavy atom. The lowest BCUT2D eigenvalue weighted by Crippen LogP contribution is -2.35. The van der Waals surface area contributed by atoms with E-state index in [-0.39, 0.29) is 24.0 Å². The van der Waals surface area contributed by atoms with Crippen molar-refractivity contribution >= 4 is 17.6 Å². The van der Waals surface area contributed by atoms with Crippen LogP contribution in [0, 0.1) is 6.92 Å². The number of aryl methyl sites for hydroxylation is 1. The van der Waals surface area contributed by atoms with Crippen molar-refractivity contribution in [1.29, 1.82) is 0 Å². The Labute approximate surface area is 218 Å². The Morgan fingerprint density at radius 2 is 1.84 bits per heavy atom. The average molecular weight is 499 g/mol. The van der Waals surface area contributed by atoms with Gasteiger partial charge in [0.15, 0.2) is 0 Å². The monoisotopic (exact) mass is 498 g/mol. The lowest BCUT2D eigenvalue weighted by Gasteiger charge is -2.33. The molecule has 37 heavy (non-hydrogen) atoms. The molecule has 3 aromatic rings. The van der Waals surface area contributed by atoms with E-state index in [1.165, 1.54) is 0 Å². The van der Waals surface area contributed by atoms with Crippen LogP contribution in [-0.2, 0) is 22.6 Å². The van der Waals surface area contributed by atoms with Gasteiger partial charge in [-0.05, 0) is 80.6 Å². The van der Waals surface area contributed by atoms with Crippen molar-refractivity contribution in [1.82, 2.24) is 4.90 Å². The highest BCUT2D eigenvalue weighted by Gasteiger charge is 2.38. The normalized spacial score (nSPS) is 17.7. The molecule has 2 unspecified atom stereocenters. The van der Waals surface area contributed by atoms with Crippen LogP contribution in [0.5, 0.6) is 0 Å². The highest BCUT2D eigenvalue weighted by Crippen LogP contribution is 2.39. The van der Waals surface area contributed by atoms with Crippen LogP contribution in [0.15, 0.2) is 60.7 Å². The fraction of sp³-hybridized carbons (Fsp3) is 0.355. The first-order chi connectivity index (χ1) is 17.6. The minimum absolute atomic E-state index is 0.0339. The van der Waals surface area contributed by atoms with Crippen molar-refractivity contribution in [2.45, 2.75) is 65.5 Å². The second-order valence-electron chi connectivity index (χ2n) is 11.0. The minimum atomic E-state index is -0.585. The van der Waals surface area contributed by atoms with Gasteiger partial charge in [0.2, 0.25) is 0 Å². The number of rotatable bonds is 5. The van der Waals surface area contributed by atoms with Gasteiger partial charge in [-0.2, -0.15) is 0 Å². The standard InChI is InChI=1S/C31H34N2O4/c1-19-14-24(20(2)32-27-13-9-8-12-23(27)30(35)37-31(3,4)5)26-16-33(29(34)25(26)15-19)28-18-36-17-21-10-6-7-11-22(21)28/h6-15,20,28,32H,16-18H2,1-5H3. The minimum Gasteiger partial charge on any atom is -0.456 e. The van der Waals surface area contributed by atoms with Gasteiger partial charge in [-0.25, -0.2) is 4.79 Å². The molecule has 0 aromatic heterocycles. The van der Waals surface area contributed by atoms with Gasteiger partial charge in [0.05, 0.1) is 24.8 Å². The molecule has 1 N–H and O–H groups in total. The molecule has 2 heterocycles. The predicted molar refractivity (Wildman–Crippen MR) is 144 cm³/mol. The quantitative estimate of drug-likeness (QED) is 0.415. The van der Waals surface area contributed by atoms with Crippen molar-refractivity contribution in [2.75, 3.05) is 11.9 Å². The highest BCUT2D eigenvalue weighted by molar-refractivity contribution is 5.99. The SMILES string of the molecule is Cc1cc2c(c(C(C)Nc3ccccc3C(=O)OC(C)(C)C)c1)CN(C1COCc3ccccc31)C2=O. The van der Waals surface area contributed by atoms with Crippen LogP contribution in [0.3, 0.4) is 0 Å². The average Bonchev–Trinajstić information content (AvgIpc) is 3.18. The van der Waals surface area contributed by atoms with Crippen LogP contribution in [0.25, 0.3) is 0 Å². The van der Waals surface area contributed by atoms with Crippen molar-refractivity contribution in [3.05, 3.63) is 99.6 Å². The fourth-order valence-electron chi connectivity index (χ4n) is 5.30. The molecule has 0 aliphatic carbocycles. The molecule has 0 bridgehead atoms. The lowest BCUT2D eigenvalue weighted by molar-refractivity contribution is 0.00704. The summed E-state index contributed by atoms with van der Waals surface area (Å²) >= 11 is 0. The largest absolute Gasteiger partial charge is 0.456 e. The van der Waals surface area contributed by atoms with E-state index in [1.54, 1.807) is 6.07 Å². The van der Waals surface area contributed by atoms with Crippen molar-refractivity contribution < 1.29 is 19.1 Å². The first-order valence-corrected chi connectivity index (χ1v) is 12.8. The van der Waals surface area contributed by atoms with E-state index >= 15 is 0 Å². The Hall–Kier alpha value is -3.64. The molecule has 0 radical (unpaired) electrons. The number of esters is 1. The molecule has 2 atom stereocenters. The summed E-state index contributed by atoms with van der Waals surface area (Å²) in [5, 5.41) is 3.52. The predicted octanol–water partition coefficient (Wildman–Crippen LogP) is 6.35. The number of nitrogens with zero attached hydrogens (tertiary/aromatic N) is 1. The van der Waals surface area contributed by atoms with Crippen LogP contribution in [0.4, 0.5) is 5.69 Å². The summed E-state index contributed by atoms with van der Waals surface area (Å²) in [5.74, 6) is -0.332. The molecule has 5 rings (SSSR count). The Balaban J connectivity index is 1.44. The Morgan fingerprint density at radius 3 is 2.62 bits per heavy atom. The maximum Gasteiger partial charge on any atom is 0.340 e. The van der Waals surface area contributed by atoms with Gasteiger partial charge in [-0.3, -0.25) is 4.79 Å². The number of carbonyl (C=O) groups excluding carboxylic acids is 2. The number of hydrogen-bond acceptors (Lipinski definition) is 5. The molecule has 0 saturated heterocycles. The molecular formula is C31H34N2O4. The summed E-state index contributed by atoms with van der Waals surface area (Å²) in [4.78, 5) is 28.5. The Kier molecular flexibility index (Phi) is 6.54. The third kappa shape index (κ3) is 4.98. The molecule has 6 nitrogen and oxygen atoms in total. The molecule has 2 aliphatic rings. The maximum absolute atomic E-state index is 13.7. The fourth-order valence-corrected chi connectivity index (χ4v) is 5.30. The molecule has 3 aromatic carbocycles. The number of ether oxygens (including phenoxy) is 2. The summed E-state index contributed by atoms with van der Waals surface area (Å²) in [6.45, 7) is 11.2. The van der Waals surface area contributed by atoms with E-state index < -0.39 is 5.60 Å². The molecule has 2 aliphatic heterocycles. The number of fused-ring (bicyclic) bond motifs is 2. The van der Waals surface area contributed by atoms with Gasteiger partial charge < -0.3 is 19.7 Å². The summed E-state index contributed by atoms with van der Waals surface area (Å²) in [5.41, 5.74) is 6.74. The second kappa shape index (κ2) is 9.67. The van der Waals surface area contributed by atoms with Crippen LogP contribution >= 0.6 is 0 Å². The highest BCUT2D eigenvalue weighted by atomic mass is 16.6. The molecule has 192 valence electrons. The number of amides is 1. The number of para-hydroxylation sites is 1.